The number of anilines is 1. The molecule has 1 unspecified atom stereocenters. The second kappa shape index (κ2) is 2.77. The van der Waals surface area contributed by atoms with E-state index in [2.05, 4.69) is 0 Å². The van der Waals surface area contributed by atoms with Crippen molar-refractivity contribution in [3.63, 3.8) is 0 Å². The fraction of sp³-hybridized carbons (Fsp3) is 0.400. The number of nitrogen functional groups attached to an aromatic ring is 1. The highest BCUT2D eigenvalue weighted by molar-refractivity contribution is 5.46. The number of nitrogens with two attached hydrogens (primary N) is 1. The smallest absolute Gasteiger partial charge is 0.125 e. The van der Waals surface area contributed by atoms with E-state index in [1.807, 2.05) is 12.1 Å². The summed E-state index contributed by atoms with van der Waals surface area (Å²) < 4.78 is 13.3. The summed E-state index contributed by atoms with van der Waals surface area (Å²) in [6.45, 7) is 0. The van der Waals surface area contributed by atoms with Crippen LogP contribution in [0.4, 0.5) is 10.1 Å². The maximum absolute atomic E-state index is 13.3. The van der Waals surface area contributed by atoms with E-state index in [1.165, 1.54) is 0 Å². The molecule has 0 heterocycles. The maximum atomic E-state index is 13.3. The van der Waals surface area contributed by atoms with Gasteiger partial charge in [0, 0.05) is 5.69 Å². The third kappa shape index (κ3) is 1.17. The van der Waals surface area contributed by atoms with Gasteiger partial charge in [-0.05, 0) is 42.5 Å². The van der Waals surface area contributed by atoms with Gasteiger partial charge in [0.05, 0.1) is 0 Å². The van der Waals surface area contributed by atoms with E-state index in [0.29, 0.717) is 12.1 Å². The maximum Gasteiger partial charge on any atom is 0.125 e. The first-order chi connectivity index (χ1) is 5.77. The van der Waals surface area contributed by atoms with Gasteiger partial charge in [-0.1, -0.05) is 6.07 Å². The molecule has 2 heteroatoms. The average molecular weight is 165 g/mol. The van der Waals surface area contributed by atoms with E-state index in [-0.39, 0.29) is 0 Å². The molecule has 1 aliphatic rings. The number of fused-ring (bicyclic) bond motifs is 1. The van der Waals surface area contributed by atoms with Crippen LogP contribution >= 0.6 is 0 Å². The Balaban J connectivity index is 2.47. The first-order valence-corrected chi connectivity index (χ1v) is 4.30. The fourth-order valence-electron chi connectivity index (χ4n) is 1.76. The number of hydrogen-bond donors (Lipinski definition) is 1. The van der Waals surface area contributed by atoms with Crippen LogP contribution < -0.4 is 5.73 Å². The van der Waals surface area contributed by atoms with Gasteiger partial charge in [0.25, 0.3) is 0 Å². The molecule has 1 atom stereocenters. The topological polar surface area (TPSA) is 26.0 Å². The molecule has 0 saturated carbocycles. The Labute approximate surface area is 71.4 Å². The molecular weight excluding hydrogens is 153 g/mol. The summed E-state index contributed by atoms with van der Waals surface area (Å²) >= 11 is 0. The van der Waals surface area contributed by atoms with Crippen LogP contribution in [0.25, 0.3) is 0 Å². The number of benzene rings is 1. The molecule has 1 aromatic rings. The van der Waals surface area contributed by atoms with Crippen molar-refractivity contribution in [1.82, 2.24) is 0 Å². The molecule has 12 heavy (non-hydrogen) atoms. The summed E-state index contributed by atoms with van der Waals surface area (Å²) in [4.78, 5) is 0. The molecule has 0 spiro atoms. The second-order valence-electron chi connectivity index (χ2n) is 3.32. The minimum absolute atomic E-state index is 0.649. The molecule has 0 bridgehead atoms. The first kappa shape index (κ1) is 7.59. The molecular formula is C10H12FN. The Bertz CT molecular complexity index is 296. The molecule has 1 aliphatic carbocycles. The van der Waals surface area contributed by atoms with E-state index in [0.717, 1.165) is 24.0 Å². The van der Waals surface area contributed by atoms with Crippen LogP contribution in [0.1, 0.15) is 30.1 Å². The lowest BCUT2D eigenvalue weighted by Gasteiger charge is -2.19. The van der Waals surface area contributed by atoms with Crippen LogP contribution in [0.3, 0.4) is 0 Å². The van der Waals surface area contributed by atoms with Gasteiger partial charge in [-0.25, -0.2) is 4.39 Å². The van der Waals surface area contributed by atoms with E-state index < -0.39 is 6.17 Å². The number of aryl methyl sites for hydroxylation is 1. The van der Waals surface area contributed by atoms with E-state index in [4.69, 9.17) is 5.73 Å². The standard InChI is InChI=1S/C10H12FN/c11-10-3-1-2-7-4-5-8(12)6-9(7)10/h4-6,10H,1-3,12H2. The Morgan fingerprint density at radius 2 is 2.25 bits per heavy atom. The van der Waals surface area contributed by atoms with E-state index in [9.17, 15) is 4.39 Å². The zero-order valence-corrected chi connectivity index (χ0v) is 6.89. The first-order valence-electron chi connectivity index (χ1n) is 4.30. The van der Waals surface area contributed by atoms with Gasteiger partial charge in [-0.2, -0.15) is 0 Å². The van der Waals surface area contributed by atoms with Gasteiger partial charge in [-0.15, -0.1) is 0 Å². The molecule has 1 aromatic carbocycles. The summed E-state index contributed by atoms with van der Waals surface area (Å²) in [5.41, 5.74) is 8.18. The van der Waals surface area contributed by atoms with Crippen LogP contribution in [0.15, 0.2) is 18.2 Å². The van der Waals surface area contributed by atoms with Crippen molar-refractivity contribution in [3.8, 4) is 0 Å². The van der Waals surface area contributed by atoms with Crippen molar-refractivity contribution in [2.24, 2.45) is 0 Å². The highest BCUT2D eigenvalue weighted by Gasteiger charge is 2.18. The van der Waals surface area contributed by atoms with Gasteiger partial charge in [0.15, 0.2) is 0 Å². The molecule has 0 saturated heterocycles. The minimum Gasteiger partial charge on any atom is -0.399 e. The monoisotopic (exact) mass is 165 g/mol. The summed E-state index contributed by atoms with van der Waals surface area (Å²) in [7, 11) is 0. The third-order valence-corrected chi connectivity index (χ3v) is 2.41. The molecule has 2 N–H and O–H groups in total. The predicted molar refractivity (Wildman–Crippen MR) is 47.6 cm³/mol. The summed E-state index contributed by atoms with van der Waals surface area (Å²) in [6, 6.07) is 5.55. The molecule has 2 rings (SSSR count). The second-order valence-corrected chi connectivity index (χ2v) is 3.32. The molecule has 0 radical (unpaired) electrons. The van der Waals surface area contributed by atoms with Gasteiger partial charge in [-0.3, -0.25) is 0 Å². The minimum atomic E-state index is -0.794. The largest absolute Gasteiger partial charge is 0.399 e. The molecule has 0 fully saturated rings. The van der Waals surface area contributed by atoms with Crippen LogP contribution in [0.5, 0.6) is 0 Å². The highest BCUT2D eigenvalue weighted by Crippen LogP contribution is 2.33. The average Bonchev–Trinajstić information content (AvgIpc) is 2.07. The van der Waals surface area contributed by atoms with Crippen molar-refractivity contribution in [2.45, 2.75) is 25.4 Å². The Morgan fingerprint density at radius 1 is 1.42 bits per heavy atom. The number of alkyl halides is 1. The molecule has 64 valence electrons. The molecule has 0 aromatic heterocycles. The van der Waals surface area contributed by atoms with E-state index >= 15 is 0 Å². The van der Waals surface area contributed by atoms with Crippen LogP contribution in [-0.4, -0.2) is 0 Å². The lowest BCUT2D eigenvalue weighted by atomic mass is 9.90. The van der Waals surface area contributed by atoms with Crippen molar-refractivity contribution < 1.29 is 4.39 Å². The fourth-order valence-corrected chi connectivity index (χ4v) is 1.76. The zero-order chi connectivity index (χ0) is 8.55. The molecule has 1 nitrogen and oxygen atoms in total. The summed E-state index contributed by atoms with van der Waals surface area (Å²) in [5.74, 6) is 0. The Hall–Kier alpha value is -1.05. The molecule has 0 aliphatic heterocycles. The molecule has 0 amide bonds. The van der Waals surface area contributed by atoms with Gasteiger partial charge in [0.2, 0.25) is 0 Å². The zero-order valence-electron chi connectivity index (χ0n) is 6.89. The van der Waals surface area contributed by atoms with Crippen LogP contribution in [0, 0.1) is 0 Å². The SMILES string of the molecule is Nc1ccc2c(c1)C(F)CCC2. The number of halogens is 1. The lowest BCUT2D eigenvalue weighted by molar-refractivity contribution is 0.302. The van der Waals surface area contributed by atoms with Gasteiger partial charge >= 0.3 is 0 Å². The van der Waals surface area contributed by atoms with Crippen molar-refractivity contribution in [1.29, 1.82) is 0 Å². The van der Waals surface area contributed by atoms with Crippen molar-refractivity contribution in [3.05, 3.63) is 29.3 Å². The van der Waals surface area contributed by atoms with Crippen LogP contribution in [0.2, 0.25) is 0 Å². The lowest BCUT2D eigenvalue weighted by Crippen LogP contribution is -2.06. The van der Waals surface area contributed by atoms with Crippen LogP contribution in [-0.2, 0) is 6.42 Å². The third-order valence-electron chi connectivity index (χ3n) is 2.41. The quantitative estimate of drug-likeness (QED) is 0.587. The van der Waals surface area contributed by atoms with Gasteiger partial charge in [0.1, 0.15) is 6.17 Å². The summed E-state index contributed by atoms with van der Waals surface area (Å²) in [5, 5.41) is 0. The van der Waals surface area contributed by atoms with Crippen molar-refractivity contribution in [2.75, 3.05) is 5.73 Å². The van der Waals surface area contributed by atoms with Gasteiger partial charge < -0.3 is 5.73 Å². The Morgan fingerprint density at radius 3 is 3.08 bits per heavy atom. The van der Waals surface area contributed by atoms with E-state index in [1.54, 1.807) is 6.07 Å². The Kier molecular flexibility index (Phi) is 1.75. The predicted octanol–water partition coefficient (Wildman–Crippen LogP) is 2.62. The number of rotatable bonds is 0. The number of hydrogen-bond acceptors (Lipinski definition) is 1. The summed E-state index contributed by atoms with van der Waals surface area (Å²) in [6.07, 6.45) is 1.81. The highest BCUT2D eigenvalue weighted by atomic mass is 19.1. The normalized spacial score (nSPS) is 21.9. The van der Waals surface area contributed by atoms with Crippen molar-refractivity contribution >= 4 is 5.69 Å².